The molecule has 9 heteroatoms. The molecule has 1 aromatic rings. The molecular weight excluding hydrogens is 404 g/mol. The lowest BCUT2D eigenvalue weighted by Crippen LogP contribution is -2.40. The van der Waals surface area contributed by atoms with E-state index in [9.17, 15) is 18.0 Å². The van der Waals surface area contributed by atoms with Crippen LogP contribution in [0.3, 0.4) is 0 Å². The van der Waals surface area contributed by atoms with E-state index in [4.69, 9.17) is 5.73 Å². The number of sulfonamides is 1. The van der Waals surface area contributed by atoms with Gasteiger partial charge in [0.1, 0.15) is 0 Å². The summed E-state index contributed by atoms with van der Waals surface area (Å²) in [7, 11) is -0.683. The number of carbonyl (C=O) groups is 2. The highest BCUT2D eigenvalue weighted by atomic mass is 32.2. The zero-order chi connectivity index (χ0) is 22.3. The molecule has 2 rings (SSSR count). The largest absolute Gasteiger partial charge is 0.369 e. The summed E-state index contributed by atoms with van der Waals surface area (Å²) in [4.78, 5) is 25.9. The van der Waals surface area contributed by atoms with Crippen molar-refractivity contribution in [2.75, 3.05) is 39.0 Å². The van der Waals surface area contributed by atoms with Crippen molar-refractivity contribution in [3.05, 3.63) is 23.8 Å². The summed E-state index contributed by atoms with van der Waals surface area (Å²) in [5.41, 5.74) is 6.36. The second kappa shape index (κ2) is 10.9. The quantitative estimate of drug-likeness (QED) is 0.580. The van der Waals surface area contributed by atoms with E-state index in [1.807, 2.05) is 0 Å². The number of primary amides is 1. The van der Waals surface area contributed by atoms with Crippen LogP contribution in [0.2, 0.25) is 0 Å². The Balaban J connectivity index is 2.02. The van der Waals surface area contributed by atoms with Gasteiger partial charge in [-0.1, -0.05) is 38.2 Å². The van der Waals surface area contributed by atoms with E-state index in [0.29, 0.717) is 23.7 Å². The minimum Gasteiger partial charge on any atom is -0.369 e. The lowest BCUT2D eigenvalue weighted by Gasteiger charge is -2.26. The highest BCUT2D eigenvalue weighted by molar-refractivity contribution is 7.89. The Kier molecular flexibility index (Phi) is 8.81. The molecule has 0 heterocycles. The first kappa shape index (κ1) is 24.3. The summed E-state index contributed by atoms with van der Waals surface area (Å²) in [6.07, 6.45) is 7.10. The van der Waals surface area contributed by atoms with Gasteiger partial charge in [0.05, 0.1) is 18.0 Å². The summed E-state index contributed by atoms with van der Waals surface area (Å²) in [6.45, 7) is 2.39. The van der Waals surface area contributed by atoms with Crippen molar-refractivity contribution < 1.29 is 18.0 Å². The first-order valence-electron chi connectivity index (χ1n) is 10.4. The Bertz CT molecular complexity index is 849. The van der Waals surface area contributed by atoms with Gasteiger partial charge in [0.2, 0.25) is 21.8 Å². The van der Waals surface area contributed by atoms with Crippen LogP contribution >= 0.6 is 0 Å². The predicted molar refractivity (Wildman–Crippen MR) is 118 cm³/mol. The third-order valence-electron chi connectivity index (χ3n) is 5.56. The number of nitrogens with zero attached hydrogens (tertiary/aromatic N) is 2. The van der Waals surface area contributed by atoms with Crippen molar-refractivity contribution in [2.45, 2.75) is 50.3 Å². The van der Waals surface area contributed by atoms with Crippen molar-refractivity contribution in [1.29, 1.82) is 0 Å². The van der Waals surface area contributed by atoms with E-state index in [0.717, 1.165) is 10.7 Å². The van der Waals surface area contributed by atoms with E-state index in [-0.39, 0.29) is 23.9 Å². The SMILES string of the molecule is Cc1ccc(NC(=O)CN(CCC2CCCCC2)CC(N)=O)cc1S(=O)(=O)N(C)C. The van der Waals surface area contributed by atoms with Crippen LogP contribution in [0.4, 0.5) is 5.69 Å². The van der Waals surface area contributed by atoms with E-state index in [1.165, 1.54) is 52.3 Å². The third kappa shape index (κ3) is 7.07. The van der Waals surface area contributed by atoms with Gasteiger partial charge in [-0.15, -0.1) is 0 Å². The third-order valence-corrected chi connectivity index (χ3v) is 7.51. The Labute approximate surface area is 179 Å². The van der Waals surface area contributed by atoms with Gasteiger partial charge in [0.25, 0.3) is 0 Å². The van der Waals surface area contributed by atoms with Crippen LogP contribution in [-0.4, -0.2) is 63.2 Å². The molecule has 0 radical (unpaired) electrons. The summed E-state index contributed by atoms with van der Waals surface area (Å²) in [5, 5.41) is 2.75. The molecule has 0 bridgehead atoms. The summed E-state index contributed by atoms with van der Waals surface area (Å²) >= 11 is 0. The smallest absolute Gasteiger partial charge is 0.242 e. The molecule has 8 nitrogen and oxygen atoms in total. The highest BCUT2D eigenvalue weighted by Crippen LogP contribution is 2.26. The molecule has 0 saturated heterocycles. The molecule has 0 aliphatic heterocycles. The number of rotatable bonds is 10. The van der Waals surface area contributed by atoms with Gasteiger partial charge < -0.3 is 11.1 Å². The van der Waals surface area contributed by atoms with Crippen molar-refractivity contribution >= 4 is 27.5 Å². The van der Waals surface area contributed by atoms with Crippen LogP contribution in [0.15, 0.2) is 23.1 Å². The molecule has 2 amide bonds. The van der Waals surface area contributed by atoms with Gasteiger partial charge >= 0.3 is 0 Å². The second-order valence-corrected chi connectivity index (χ2v) is 10.4. The summed E-state index contributed by atoms with van der Waals surface area (Å²) < 4.78 is 26.1. The molecule has 0 unspecified atom stereocenters. The minimum atomic E-state index is -3.62. The zero-order valence-electron chi connectivity index (χ0n) is 18.2. The number of anilines is 1. The fourth-order valence-corrected chi connectivity index (χ4v) is 4.98. The summed E-state index contributed by atoms with van der Waals surface area (Å²) in [5.74, 6) is -0.147. The van der Waals surface area contributed by atoms with Gasteiger partial charge in [-0.25, -0.2) is 12.7 Å². The molecule has 30 heavy (non-hydrogen) atoms. The Hall–Kier alpha value is -1.97. The van der Waals surface area contributed by atoms with E-state index >= 15 is 0 Å². The van der Waals surface area contributed by atoms with Crippen molar-refractivity contribution in [3.8, 4) is 0 Å². The normalized spacial score (nSPS) is 15.5. The second-order valence-electron chi connectivity index (χ2n) is 8.29. The number of hydrogen-bond acceptors (Lipinski definition) is 5. The maximum absolute atomic E-state index is 12.6. The first-order chi connectivity index (χ1) is 14.1. The molecule has 3 N–H and O–H groups in total. The molecule has 0 spiro atoms. The lowest BCUT2D eigenvalue weighted by atomic mass is 9.87. The molecule has 0 aromatic heterocycles. The number of hydrogen-bond donors (Lipinski definition) is 2. The Morgan fingerprint density at radius 2 is 1.80 bits per heavy atom. The predicted octanol–water partition coefficient (Wildman–Crippen LogP) is 1.94. The average Bonchev–Trinajstić information content (AvgIpc) is 2.67. The number of nitrogens with two attached hydrogens (primary N) is 1. The number of benzene rings is 1. The molecule has 0 atom stereocenters. The van der Waals surface area contributed by atoms with E-state index in [2.05, 4.69) is 5.32 Å². The topological polar surface area (TPSA) is 113 Å². The maximum Gasteiger partial charge on any atom is 0.242 e. The number of amides is 2. The van der Waals surface area contributed by atoms with Crippen LogP contribution in [0.25, 0.3) is 0 Å². The van der Waals surface area contributed by atoms with Crippen molar-refractivity contribution in [3.63, 3.8) is 0 Å². The molecule has 1 saturated carbocycles. The van der Waals surface area contributed by atoms with E-state index < -0.39 is 15.9 Å². The van der Waals surface area contributed by atoms with E-state index in [1.54, 1.807) is 24.0 Å². The Morgan fingerprint density at radius 1 is 1.13 bits per heavy atom. The molecule has 1 aliphatic rings. The van der Waals surface area contributed by atoms with Crippen LogP contribution in [0.5, 0.6) is 0 Å². The maximum atomic E-state index is 12.6. The zero-order valence-corrected chi connectivity index (χ0v) is 19.0. The Morgan fingerprint density at radius 3 is 2.40 bits per heavy atom. The van der Waals surface area contributed by atoms with Gasteiger partial charge in [0, 0.05) is 19.8 Å². The van der Waals surface area contributed by atoms with Crippen molar-refractivity contribution in [2.24, 2.45) is 11.7 Å². The summed E-state index contributed by atoms with van der Waals surface area (Å²) in [6, 6.07) is 4.79. The van der Waals surface area contributed by atoms with Gasteiger partial charge in [-0.05, 0) is 43.5 Å². The monoisotopic (exact) mass is 438 g/mol. The molecular formula is C21H34N4O4S. The molecule has 1 aromatic carbocycles. The van der Waals surface area contributed by atoms with Crippen molar-refractivity contribution in [1.82, 2.24) is 9.21 Å². The fraction of sp³-hybridized carbons (Fsp3) is 0.619. The molecule has 1 aliphatic carbocycles. The highest BCUT2D eigenvalue weighted by Gasteiger charge is 2.21. The minimum absolute atomic E-state index is 0.0221. The van der Waals surface area contributed by atoms with Crippen LogP contribution < -0.4 is 11.1 Å². The number of nitrogens with one attached hydrogen (secondary N) is 1. The molecule has 168 valence electrons. The van der Waals surface area contributed by atoms with Gasteiger partial charge in [-0.2, -0.15) is 0 Å². The molecule has 1 fully saturated rings. The van der Waals surface area contributed by atoms with Gasteiger partial charge in [0.15, 0.2) is 0 Å². The van der Waals surface area contributed by atoms with Crippen LogP contribution in [0, 0.1) is 12.8 Å². The number of carbonyl (C=O) groups excluding carboxylic acids is 2. The van der Waals surface area contributed by atoms with Crippen LogP contribution in [-0.2, 0) is 19.6 Å². The van der Waals surface area contributed by atoms with Gasteiger partial charge in [-0.3, -0.25) is 14.5 Å². The lowest BCUT2D eigenvalue weighted by molar-refractivity contribution is -0.121. The number of aryl methyl sites for hydroxylation is 1. The first-order valence-corrected chi connectivity index (χ1v) is 11.9. The standard InChI is InChI=1S/C21H34N4O4S/c1-16-9-10-18(13-19(16)30(28,29)24(2)3)23-21(27)15-25(14-20(22)26)12-11-17-7-5-4-6-8-17/h9-10,13,17H,4-8,11-12,14-15H2,1-3H3,(H2,22,26)(H,23,27). The average molecular weight is 439 g/mol. The van der Waals surface area contributed by atoms with Crippen LogP contribution in [0.1, 0.15) is 44.1 Å². The fourth-order valence-electron chi connectivity index (χ4n) is 3.83.